The summed E-state index contributed by atoms with van der Waals surface area (Å²) in [4.78, 5) is 26.2. The molecule has 2 atom stereocenters. The van der Waals surface area contributed by atoms with Crippen molar-refractivity contribution in [1.29, 1.82) is 0 Å². The van der Waals surface area contributed by atoms with Gasteiger partial charge in [-0.3, -0.25) is 9.59 Å². The molecule has 4 nitrogen and oxygen atoms in total. The smallest absolute Gasteiger partial charge is 0.245 e. The standard InChI is InChI=1S/C16H22N2O2/c1-3-12(2)15-16(20)18(10-9-14(19)17-15)11-13-7-5-4-6-8-13/h4-8,12,15H,3,9-11H2,1-2H3,(H,17,19). The van der Waals surface area contributed by atoms with Gasteiger partial charge in [-0.15, -0.1) is 0 Å². The Morgan fingerprint density at radius 2 is 2.00 bits per heavy atom. The second-order valence-corrected chi connectivity index (χ2v) is 5.43. The molecule has 20 heavy (non-hydrogen) atoms. The minimum Gasteiger partial charge on any atom is -0.344 e. The number of benzene rings is 1. The van der Waals surface area contributed by atoms with Gasteiger partial charge in [-0.25, -0.2) is 0 Å². The SMILES string of the molecule is CCC(C)C1NC(=O)CCN(Cc2ccccc2)C1=O. The molecule has 0 aromatic heterocycles. The Morgan fingerprint density at radius 1 is 1.30 bits per heavy atom. The van der Waals surface area contributed by atoms with Gasteiger partial charge in [0.1, 0.15) is 6.04 Å². The number of hydrogen-bond acceptors (Lipinski definition) is 2. The predicted molar refractivity (Wildman–Crippen MR) is 77.9 cm³/mol. The average Bonchev–Trinajstić information content (AvgIpc) is 2.61. The normalized spacial score (nSPS) is 21.3. The Labute approximate surface area is 120 Å². The zero-order chi connectivity index (χ0) is 14.5. The summed E-state index contributed by atoms with van der Waals surface area (Å²) in [5, 5.41) is 2.86. The monoisotopic (exact) mass is 274 g/mol. The van der Waals surface area contributed by atoms with Crippen molar-refractivity contribution in [3.8, 4) is 0 Å². The van der Waals surface area contributed by atoms with Crippen LogP contribution in [0, 0.1) is 5.92 Å². The van der Waals surface area contributed by atoms with Crippen molar-refractivity contribution < 1.29 is 9.59 Å². The van der Waals surface area contributed by atoms with E-state index in [2.05, 4.69) is 5.32 Å². The van der Waals surface area contributed by atoms with Gasteiger partial charge in [0, 0.05) is 19.5 Å². The van der Waals surface area contributed by atoms with Gasteiger partial charge in [-0.05, 0) is 11.5 Å². The minimum absolute atomic E-state index is 0.0285. The van der Waals surface area contributed by atoms with Crippen LogP contribution in [0.25, 0.3) is 0 Å². The van der Waals surface area contributed by atoms with E-state index in [4.69, 9.17) is 0 Å². The molecular formula is C16H22N2O2. The Hall–Kier alpha value is -1.84. The van der Waals surface area contributed by atoms with E-state index in [0.717, 1.165) is 12.0 Å². The lowest BCUT2D eigenvalue weighted by atomic mass is 9.98. The third-order valence-corrected chi connectivity index (χ3v) is 3.93. The maximum absolute atomic E-state index is 12.6. The second-order valence-electron chi connectivity index (χ2n) is 5.43. The highest BCUT2D eigenvalue weighted by Crippen LogP contribution is 2.16. The second kappa shape index (κ2) is 6.55. The fourth-order valence-corrected chi connectivity index (χ4v) is 2.43. The molecule has 0 radical (unpaired) electrons. The zero-order valence-electron chi connectivity index (χ0n) is 12.1. The Bertz CT molecular complexity index is 473. The first-order valence-electron chi connectivity index (χ1n) is 7.24. The first-order valence-corrected chi connectivity index (χ1v) is 7.24. The van der Waals surface area contributed by atoms with E-state index in [-0.39, 0.29) is 17.7 Å². The van der Waals surface area contributed by atoms with Crippen LogP contribution in [-0.4, -0.2) is 29.3 Å². The number of carbonyl (C=O) groups is 2. The molecule has 0 saturated carbocycles. The lowest BCUT2D eigenvalue weighted by Crippen LogP contribution is -2.48. The largest absolute Gasteiger partial charge is 0.344 e. The molecule has 1 aliphatic heterocycles. The molecule has 1 N–H and O–H groups in total. The Kier molecular flexibility index (Phi) is 4.77. The molecule has 4 heteroatoms. The van der Waals surface area contributed by atoms with E-state index in [0.29, 0.717) is 19.5 Å². The molecule has 2 unspecified atom stereocenters. The Balaban J connectivity index is 2.15. The molecule has 0 spiro atoms. The number of carbonyl (C=O) groups excluding carboxylic acids is 2. The summed E-state index contributed by atoms with van der Waals surface area (Å²) in [6.07, 6.45) is 1.25. The van der Waals surface area contributed by atoms with Crippen LogP contribution in [0.1, 0.15) is 32.3 Å². The lowest BCUT2D eigenvalue weighted by Gasteiger charge is -2.27. The molecule has 1 aromatic rings. The molecule has 1 saturated heterocycles. The average molecular weight is 274 g/mol. The number of amides is 2. The van der Waals surface area contributed by atoms with E-state index in [1.54, 1.807) is 4.90 Å². The van der Waals surface area contributed by atoms with Crippen molar-refractivity contribution in [3.05, 3.63) is 35.9 Å². The Morgan fingerprint density at radius 3 is 2.65 bits per heavy atom. The van der Waals surface area contributed by atoms with Gasteiger partial charge in [0.05, 0.1) is 0 Å². The third kappa shape index (κ3) is 3.38. The van der Waals surface area contributed by atoms with E-state index >= 15 is 0 Å². The molecule has 1 aromatic carbocycles. The fourth-order valence-electron chi connectivity index (χ4n) is 2.43. The molecule has 1 heterocycles. The van der Waals surface area contributed by atoms with Crippen LogP contribution >= 0.6 is 0 Å². The van der Waals surface area contributed by atoms with Gasteiger partial charge in [0.15, 0.2) is 0 Å². The number of nitrogens with one attached hydrogen (secondary N) is 1. The van der Waals surface area contributed by atoms with Crippen molar-refractivity contribution >= 4 is 11.8 Å². The summed E-state index contributed by atoms with van der Waals surface area (Å²) in [5.74, 6) is 0.163. The molecule has 1 fully saturated rings. The summed E-state index contributed by atoms with van der Waals surface area (Å²) in [6.45, 7) is 5.11. The van der Waals surface area contributed by atoms with Gasteiger partial charge in [-0.2, -0.15) is 0 Å². The minimum atomic E-state index is -0.390. The van der Waals surface area contributed by atoms with E-state index in [1.165, 1.54) is 0 Å². The maximum Gasteiger partial charge on any atom is 0.245 e. The van der Waals surface area contributed by atoms with Crippen LogP contribution in [0.15, 0.2) is 30.3 Å². The van der Waals surface area contributed by atoms with Gasteiger partial charge >= 0.3 is 0 Å². The third-order valence-electron chi connectivity index (χ3n) is 3.93. The van der Waals surface area contributed by atoms with Gasteiger partial charge < -0.3 is 10.2 Å². The van der Waals surface area contributed by atoms with Crippen LogP contribution < -0.4 is 5.32 Å². The van der Waals surface area contributed by atoms with Gasteiger partial charge in [-0.1, -0.05) is 50.6 Å². The molecule has 2 amide bonds. The highest BCUT2D eigenvalue weighted by atomic mass is 16.2. The van der Waals surface area contributed by atoms with Crippen molar-refractivity contribution in [2.75, 3.05) is 6.54 Å². The van der Waals surface area contributed by atoms with Gasteiger partial charge in [0.2, 0.25) is 11.8 Å². The predicted octanol–water partition coefficient (Wildman–Crippen LogP) is 1.95. The zero-order valence-corrected chi connectivity index (χ0v) is 12.1. The highest BCUT2D eigenvalue weighted by Gasteiger charge is 2.32. The summed E-state index contributed by atoms with van der Waals surface area (Å²) in [5.41, 5.74) is 1.10. The topological polar surface area (TPSA) is 49.4 Å². The lowest BCUT2D eigenvalue weighted by molar-refractivity contribution is -0.135. The molecule has 108 valence electrons. The quantitative estimate of drug-likeness (QED) is 0.912. The summed E-state index contributed by atoms with van der Waals surface area (Å²) in [7, 11) is 0. The van der Waals surface area contributed by atoms with Crippen LogP contribution in [0.3, 0.4) is 0 Å². The van der Waals surface area contributed by atoms with Crippen molar-refractivity contribution in [3.63, 3.8) is 0 Å². The van der Waals surface area contributed by atoms with Crippen LogP contribution in [0.5, 0.6) is 0 Å². The van der Waals surface area contributed by atoms with Crippen molar-refractivity contribution in [2.45, 2.75) is 39.3 Å². The summed E-state index contributed by atoms with van der Waals surface area (Å²) < 4.78 is 0. The van der Waals surface area contributed by atoms with Crippen LogP contribution in [-0.2, 0) is 16.1 Å². The van der Waals surface area contributed by atoms with E-state index < -0.39 is 6.04 Å². The highest BCUT2D eigenvalue weighted by molar-refractivity contribution is 5.90. The van der Waals surface area contributed by atoms with Crippen LogP contribution in [0.4, 0.5) is 0 Å². The molecule has 0 bridgehead atoms. The fraction of sp³-hybridized carbons (Fsp3) is 0.500. The van der Waals surface area contributed by atoms with E-state index in [1.807, 2.05) is 44.2 Å². The number of nitrogens with zero attached hydrogens (tertiary/aromatic N) is 1. The molecule has 2 rings (SSSR count). The maximum atomic E-state index is 12.6. The molecule has 1 aliphatic rings. The van der Waals surface area contributed by atoms with Gasteiger partial charge in [0.25, 0.3) is 0 Å². The van der Waals surface area contributed by atoms with Crippen LogP contribution in [0.2, 0.25) is 0 Å². The number of hydrogen-bond donors (Lipinski definition) is 1. The summed E-state index contributed by atoms with van der Waals surface area (Å²) >= 11 is 0. The molecule has 0 aliphatic carbocycles. The molecular weight excluding hydrogens is 252 g/mol. The van der Waals surface area contributed by atoms with Crippen molar-refractivity contribution in [1.82, 2.24) is 10.2 Å². The first kappa shape index (κ1) is 14.6. The van der Waals surface area contributed by atoms with Crippen molar-refractivity contribution in [2.24, 2.45) is 5.92 Å². The number of rotatable bonds is 4. The van der Waals surface area contributed by atoms with E-state index in [9.17, 15) is 9.59 Å². The first-order chi connectivity index (χ1) is 9.61. The summed E-state index contributed by atoms with van der Waals surface area (Å²) in [6, 6.07) is 9.51.